The van der Waals surface area contributed by atoms with Gasteiger partial charge in [0.2, 0.25) is 0 Å². The van der Waals surface area contributed by atoms with Gasteiger partial charge in [-0.3, -0.25) is 0 Å². The summed E-state index contributed by atoms with van der Waals surface area (Å²) in [5.41, 5.74) is 9.36. The maximum absolute atomic E-state index is 15.1. The van der Waals surface area contributed by atoms with Gasteiger partial charge in [0.25, 0.3) is 0 Å². The number of thiophene rings is 1. The molecule has 0 radical (unpaired) electrons. The molecule has 1 unspecified atom stereocenters. The van der Waals surface area contributed by atoms with E-state index in [0.717, 1.165) is 29.2 Å². The molecule has 1 atom stereocenters. The van der Waals surface area contributed by atoms with Crippen molar-refractivity contribution in [2.75, 3.05) is 43.4 Å². The van der Waals surface area contributed by atoms with Gasteiger partial charge in [-0.15, -0.1) is 11.3 Å². The number of aromatic nitrogens is 1. The van der Waals surface area contributed by atoms with E-state index in [1.165, 1.54) is 29.5 Å². The number of rotatable bonds is 3. The molecule has 1 aromatic carbocycles. The molecule has 1 saturated heterocycles. The van der Waals surface area contributed by atoms with E-state index in [1.807, 2.05) is 11.8 Å². The van der Waals surface area contributed by atoms with Crippen molar-refractivity contribution < 1.29 is 13.2 Å². The number of piperazine rings is 1. The standard InChI is InChI=1S/C23H24F3N5S/c1-11-15(13-7-18(26)19(9-17(13)25)31-5-3-28-4-6-31)10-29-21(11)22-20(27)14-8-16(24)12(2)30-23(14)32-22/h7-9,15,28-29H,3-6,10,27H2,1-2H3. The second-order valence-electron chi connectivity index (χ2n) is 8.31. The molecular weight excluding hydrogens is 435 g/mol. The third kappa shape index (κ3) is 3.40. The lowest BCUT2D eigenvalue weighted by atomic mass is 9.92. The van der Waals surface area contributed by atoms with Crippen LogP contribution in [0.3, 0.4) is 0 Å². The second-order valence-corrected chi connectivity index (χ2v) is 9.31. The minimum Gasteiger partial charge on any atom is -0.397 e. The number of benzene rings is 1. The summed E-state index contributed by atoms with van der Waals surface area (Å²) in [6, 6.07) is 4.03. The van der Waals surface area contributed by atoms with E-state index < -0.39 is 17.5 Å². The fourth-order valence-electron chi connectivity index (χ4n) is 4.53. The van der Waals surface area contributed by atoms with Gasteiger partial charge in [0.1, 0.15) is 22.3 Å². The van der Waals surface area contributed by atoms with Crippen molar-refractivity contribution in [3.8, 4) is 0 Å². The number of hydrogen-bond acceptors (Lipinski definition) is 6. The number of nitrogens with zero attached hydrogens (tertiary/aromatic N) is 2. The second kappa shape index (κ2) is 7.97. The lowest BCUT2D eigenvalue weighted by Crippen LogP contribution is -2.44. The van der Waals surface area contributed by atoms with Crippen LogP contribution in [0.5, 0.6) is 0 Å². The highest BCUT2D eigenvalue weighted by atomic mass is 32.1. The summed E-state index contributed by atoms with van der Waals surface area (Å²) >= 11 is 1.37. The van der Waals surface area contributed by atoms with Gasteiger partial charge in [0, 0.05) is 50.1 Å². The Balaban J connectivity index is 1.52. The number of anilines is 2. The molecule has 32 heavy (non-hydrogen) atoms. The molecule has 168 valence electrons. The van der Waals surface area contributed by atoms with Crippen LogP contribution in [0.25, 0.3) is 15.9 Å². The van der Waals surface area contributed by atoms with Crippen LogP contribution in [0.2, 0.25) is 0 Å². The monoisotopic (exact) mass is 459 g/mol. The van der Waals surface area contributed by atoms with Gasteiger partial charge in [-0.25, -0.2) is 18.2 Å². The van der Waals surface area contributed by atoms with Gasteiger partial charge >= 0.3 is 0 Å². The largest absolute Gasteiger partial charge is 0.397 e. The van der Waals surface area contributed by atoms with Crippen LogP contribution in [0.15, 0.2) is 23.8 Å². The van der Waals surface area contributed by atoms with Crippen molar-refractivity contribution in [2.24, 2.45) is 0 Å². The van der Waals surface area contributed by atoms with Crippen LogP contribution in [0.4, 0.5) is 24.5 Å². The van der Waals surface area contributed by atoms with E-state index in [0.29, 0.717) is 52.5 Å². The number of pyridine rings is 1. The summed E-state index contributed by atoms with van der Waals surface area (Å²) in [5.74, 6) is -1.57. The van der Waals surface area contributed by atoms with E-state index in [-0.39, 0.29) is 5.92 Å². The van der Waals surface area contributed by atoms with Gasteiger partial charge in [0.15, 0.2) is 0 Å². The summed E-state index contributed by atoms with van der Waals surface area (Å²) < 4.78 is 44.1. The van der Waals surface area contributed by atoms with Crippen LogP contribution in [0.1, 0.15) is 29.0 Å². The Labute approximate surface area is 188 Å². The molecule has 4 heterocycles. The molecule has 2 aliphatic heterocycles. The topological polar surface area (TPSA) is 66.2 Å². The fraction of sp³-hybridized carbons (Fsp3) is 0.348. The zero-order valence-corrected chi connectivity index (χ0v) is 18.7. The van der Waals surface area contributed by atoms with E-state index in [1.54, 1.807) is 6.92 Å². The maximum Gasteiger partial charge on any atom is 0.146 e. The summed E-state index contributed by atoms with van der Waals surface area (Å²) in [6.45, 7) is 6.71. The van der Waals surface area contributed by atoms with Crippen LogP contribution >= 0.6 is 11.3 Å². The molecule has 4 N–H and O–H groups in total. The van der Waals surface area contributed by atoms with Crippen molar-refractivity contribution in [3.05, 3.63) is 57.4 Å². The number of nitrogen functional groups attached to an aromatic ring is 1. The van der Waals surface area contributed by atoms with Crippen molar-refractivity contribution in [1.82, 2.24) is 15.6 Å². The Morgan fingerprint density at radius 3 is 2.56 bits per heavy atom. The maximum atomic E-state index is 15.1. The Morgan fingerprint density at radius 1 is 1.06 bits per heavy atom. The smallest absolute Gasteiger partial charge is 0.146 e. The quantitative estimate of drug-likeness (QED) is 0.550. The number of halogens is 3. The highest BCUT2D eigenvalue weighted by molar-refractivity contribution is 7.20. The van der Waals surface area contributed by atoms with Gasteiger partial charge in [-0.1, -0.05) is 0 Å². The Morgan fingerprint density at radius 2 is 1.81 bits per heavy atom. The molecule has 5 rings (SSSR count). The van der Waals surface area contributed by atoms with Gasteiger partial charge in [-0.2, -0.15) is 0 Å². The Bertz CT molecular complexity index is 1250. The van der Waals surface area contributed by atoms with Crippen LogP contribution in [-0.2, 0) is 0 Å². The van der Waals surface area contributed by atoms with Crippen molar-refractivity contribution in [3.63, 3.8) is 0 Å². The molecule has 5 nitrogen and oxygen atoms in total. The summed E-state index contributed by atoms with van der Waals surface area (Å²) in [4.78, 5) is 7.57. The summed E-state index contributed by atoms with van der Waals surface area (Å²) in [6.07, 6.45) is 0. The molecule has 0 saturated carbocycles. The molecule has 9 heteroatoms. The zero-order chi connectivity index (χ0) is 22.6. The molecule has 0 aliphatic carbocycles. The normalized spacial score (nSPS) is 19.2. The van der Waals surface area contributed by atoms with Gasteiger partial charge in [-0.05, 0) is 37.1 Å². The molecule has 0 spiro atoms. The first kappa shape index (κ1) is 21.1. The highest BCUT2D eigenvalue weighted by Crippen LogP contribution is 2.43. The Hall–Kier alpha value is -2.78. The van der Waals surface area contributed by atoms with E-state index in [4.69, 9.17) is 5.73 Å². The SMILES string of the molecule is CC1=C(c2sc3nc(C)c(F)cc3c2N)NCC1c1cc(F)c(N2CCNCC2)cc1F. The first-order valence-electron chi connectivity index (χ1n) is 10.6. The predicted octanol–water partition coefficient (Wildman–Crippen LogP) is 4.13. The molecule has 3 aromatic rings. The third-order valence-corrected chi connectivity index (χ3v) is 7.51. The first-order chi connectivity index (χ1) is 15.3. The molecule has 2 aromatic heterocycles. The molecule has 1 fully saturated rings. The molecule has 2 aliphatic rings. The summed E-state index contributed by atoms with van der Waals surface area (Å²) in [7, 11) is 0. The average Bonchev–Trinajstić information content (AvgIpc) is 3.30. The number of nitrogens with two attached hydrogens (primary N) is 1. The van der Waals surface area contributed by atoms with Crippen LogP contribution < -0.4 is 21.3 Å². The van der Waals surface area contributed by atoms with Crippen molar-refractivity contribution in [2.45, 2.75) is 19.8 Å². The first-order valence-corrected chi connectivity index (χ1v) is 11.4. The number of aryl methyl sites for hydroxylation is 1. The number of hydrogen-bond donors (Lipinski definition) is 3. The van der Waals surface area contributed by atoms with E-state index >= 15 is 4.39 Å². The zero-order valence-electron chi connectivity index (χ0n) is 17.9. The predicted molar refractivity (Wildman–Crippen MR) is 124 cm³/mol. The van der Waals surface area contributed by atoms with Crippen molar-refractivity contribution >= 4 is 38.6 Å². The minimum absolute atomic E-state index is 0.304. The van der Waals surface area contributed by atoms with Gasteiger partial charge in [0.05, 0.1) is 27.6 Å². The average molecular weight is 460 g/mol. The molecule has 0 amide bonds. The number of nitrogens with one attached hydrogen (secondary N) is 2. The highest BCUT2D eigenvalue weighted by Gasteiger charge is 2.30. The lowest BCUT2D eigenvalue weighted by molar-refractivity contribution is 0.549. The van der Waals surface area contributed by atoms with E-state index in [2.05, 4.69) is 15.6 Å². The molecular formula is C23H24F3N5S. The lowest BCUT2D eigenvalue weighted by Gasteiger charge is -2.30. The number of fused-ring (bicyclic) bond motifs is 1. The molecule has 0 bridgehead atoms. The van der Waals surface area contributed by atoms with Crippen molar-refractivity contribution in [1.29, 1.82) is 0 Å². The minimum atomic E-state index is -0.420. The van der Waals surface area contributed by atoms with E-state index in [9.17, 15) is 8.78 Å². The fourth-order valence-corrected chi connectivity index (χ4v) is 5.74. The Kier molecular flexibility index (Phi) is 5.25. The van der Waals surface area contributed by atoms with Crippen LogP contribution in [0, 0.1) is 24.4 Å². The third-order valence-electron chi connectivity index (χ3n) is 6.38. The summed E-state index contributed by atoms with van der Waals surface area (Å²) in [5, 5.41) is 7.09. The van der Waals surface area contributed by atoms with Gasteiger partial charge < -0.3 is 21.3 Å². The van der Waals surface area contributed by atoms with Crippen LogP contribution in [-0.4, -0.2) is 37.7 Å².